The minimum Gasteiger partial charge on any atom is -0.303 e. The number of hydrogen-bond acceptors (Lipinski definition) is 1. The second-order valence-electron chi connectivity index (χ2n) is 4.79. The minimum atomic E-state index is 0.891. The molecule has 1 rings (SSSR count). The zero-order valence-corrected chi connectivity index (χ0v) is 11.2. The van der Waals surface area contributed by atoms with Gasteiger partial charge in [0.2, 0.25) is 0 Å². The Morgan fingerprint density at radius 2 is 2.29 bits per heavy atom. The lowest BCUT2D eigenvalue weighted by atomic mass is 10.1. The van der Waals surface area contributed by atoms with Crippen molar-refractivity contribution >= 4 is 15.9 Å². The van der Waals surface area contributed by atoms with Gasteiger partial charge in [0.25, 0.3) is 0 Å². The first kappa shape index (κ1) is 12.5. The molecule has 0 aliphatic carbocycles. The Bertz CT molecular complexity index is 149. The van der Waals surface area contributed by atoms with Crippen LogP contribution in [0.1, 0.15) is 39.5 Å². The standard InChI is InChI=1S/C12H24BrN/c1-3-4-11(2)9-14-8-6-12(10-14)5-7-13/h11-12H,3-10H2,1-2H3. The molecule has 0 aromatic carbocycles. The molecular weight excluding hydrogens is 238 g/mol. The average Bonchev–Trinajstić information content (AvgIpc) is 2.53. The molecule has 1 nitrogen and oxygen atoms in total. The van der Waals surface area contributed by atoms with Gasteiger partial charge in [0.1, 0.15) is 0 Å². The Labute approximate surface area is 97.4 Å². The predicted molar refractivity (Wildman–Crippen MR) is 67.0 cm³/mol. The van der Waals surface area contributed by atoms with Crippen LogP contribution < -0.4 is 0 Å². The minimum absolute atomic E-state index is 0.891. The SMILES string of the molecule is CCCC(C)CN1CCC(CCBr)C1. The first-order valence-electron chi connectivity index (χ1n) is 6.04. The quantitative estimate of drug-likeness (QED) is 0.662. The van der Waals surface area contributed by atoms with Gasteiger partial charge in [-0.3, -0.25) is 0 Å². The van der Waals surface area contributed by atoms with Crippen LogP contribution in [0.4, 0.5) is 0 Å². The summed E-state index contributed by atoms with van der Waals surface area (Å²) in [5.74, 6) is 1.85. The van der Waals surface area contributed by atoms with Crippen molar-refractivity contribution in [1.29, 1.82) is 0 Å². The largest absolute Gasteiger partial charge is 0.303 e. The van der Waals surface area contributed by atoms with Crippen LogP contribution in [0.25, 0.3) is 0 Å². The van der Waals surface area contributed by atoms with E-state index in [9.17, 15) is 0 Å². The molecule has 1 heterocycles. The Balaban J connectivity index is 2.15. The molecule has 0 radical (unpaired) electrons. The maximum atomic E-state index is 3.54. The second-order valence-corrected chi connectivity index (χ2v) is 5.58. The Hall–Kier alpha value is 0.440. The van der Waals surface area contributed by atoms with E-state index in [-0.39, 0.29) is 0 Å². The van der Waals surface area contributed by atoms with Gasteiger partial charge in [0, 0.05) is 18.4 Å². The molecule has 2 unspecified atom stereocenters. The third kappa shape index (κ3) is 4.31. The first-order valence-corrected chi connectivity index (χ1v) is 7.16. The van der Waals surface area contributed by atoms with Gasteiger partial charge in [0.05, 0.1) is 0 Å². The molecule has 0 aromatic rings. The van der Waals surface area contributed by atoms with Crippen molar-refractivity contribution in [2.24, 2.45) is 11.8 Å². The van der Waals surface area contributed by atoms with Gasteiger partial charge in [-0.15, -0.1) is 0 Å². The fraction of sp³-hybridized carbons (Fsp3) is 1.00. The summed E-state index contributed by atoms with van der Waals surface area (Å²) in [4.78, 5) is 2.66. The number of alkyl halides is 1. The van der Waals surface area contributed by atoms with Gasteiger partial charge in [0.15, 0.2) is 0 Å². The van der Waals surface area contributed by atoms with E-state index < -0.39 is 0 Å². The van der Waals surface area contributed by atoms with Crippen molar-refractivity contribution in [1.82, 2.24) is 4.90 Å². The van der Waals surface area contributed by atoms with Crippen LogP contribution in [0.2, 0.25) is 0 Å². The fourth-order valence-electron chi connectivity index (χ4n) is 2.49. The summed E-state index contributed by atoms with van der Waals surface area (Å²) in [5.41, 5.74) is 0. The highest BCUT2D eigenvalue weighted by Crippen LogP contribution is 2.21. The van der Waals surface area contributed by atoms with E-state index in [0.717, 1.165) is 11.8 Å². The number of halogens is 1. The molecular formula is C12H24BrN. The topological polar surface area (TPSA) is 3.24 Å². The third-order valence-corrected chi connectivity index (χ3v) is 3.70. The van der Waals surface area contributed by atoms with E-state index in [1.165, 1.54) is 50.6 Å². The number of likely N-dealkylation sites (tertiary alicyclic amines) is 1. The third-order valence-electron chi connectivity index (χ3n) is 3.24. The molecule has 1 aliphatic heterocycles. The van der Waals surface area contributed by atoms with Crippen molar-refractivity contribution in [3.05, 3.63) is 0 Å². The molecule has 2 atom stereocenters. The van der Waals surface area contributed by atoms with Crippen LogP contribution in [0.3, 0.4) is 0 Å². The lowest BCUT2D eigenvalue weighted by Crippen LogP contribution is -2.26. The van der Waals surface area contributed by atoms with Crippen molar-refractivity contribution < 1.29 is 0 Å². The number of hydrogen-bond donors (Lipinski definition) is 0. The summed E-state index contributed by atoms with van der Waals surface area (Å²) >= 11 is 3.54. The summed E-state index contributed by atoms with van der Waals surface area (Å²) in [7, 11) is 0. The van der Waals surface area contributed by atoms with E-state index in [1.54, 1.807) is 0 Å². The van der Waals surface area contributed by atoms with E-state index in [2.05, 4.69) is 34.7 Å². The molecule has 1 saturated heterocycles. The highest BCUT2D eigenvalue weighted by atomic mass is 79.9. The van der Waals surface area contributed by atoms with Gasteiger partial charge >= 0.3 is 0 Å². The monoisotopic (exact) mass is 261 g/mol. The molecule has 84 valence electrons. The average molecular weight is 262 g/mol. The van der Waals surface area contributed by atoms with Crippen molar-refractivity contribution in [2.75, 3.05) is 25.0 Å². The van der Waals surface area contributed by atoms with Crippen LogP contribution in [0, 0.1) is 11.8 Å². The summed E-state index contributed by atoms with van der Waals surface area (Å²) in [6, 6.07) is 0. The van der Waals surface area contributed by atoms with Crippen LogP contribution in [-0.4, -0.2) is 29.9 Å². The summed E-state index contributed by atoms with van der Waals surface area (Å²) in [6.07, 6.45) is 5.50. The highest BCUT2D eigenvalue weighted by molar-refractivity contribution is 9.09. The van der Waals surface area contributed by atoms with E-state index in [0.29, 0.717) is 0 Å². The molecule has 14 heavy (non-hydrogen) atoms. The lowest BCUT2D eigenvalue weighted by molar-refractivity contribution is 0.269. The van der Waals surface area contributed by atoms with E-state index >= 15 is 0 Å². The fourth-order valence-corrected chi connectivity index (χ4v) is 3.14. The Kier molecular flexibility index (Phi) is 6.11. The molecule has 0 N–H and O–H groups in total. The summed E-state index contributed by atoms with van der Waals surface area (Å²) < 4.78 is 0. The van der Waals surface area contributed by atoms with Crippen molar-refractivity contribution in [3.63, 3.8) is 0 Å². The maximum Gasteiger partial charge on any atom is 0.00344 e. The number of nitrogens with zero attached hydrogens (tertiary/aromatic N) is 1. The normalized spacial score (nSPS) is 25.5. The van der Waals surface area contributed by atoms with Gasteiger partial charge < -0.3 is 4.90 Å². The van der Waals surface area contributed by atoms with Gasteiger partial charge in [-0.05, 0) is 37.6 Å². The second kappa shape index (κ2) is 6.84. The van der Waals surface area contributed by atoms with Crippen molar-refractivity contribution in [2.45, 2.75) is 39.5 Å². The van der Waals surface area contributed by atoms with Crippen molar-refractivity contribution in [3.8, 4) is 0 Å². The lowest BCUT2D eigenvalue weighted by Gasteiger charge is -2.20. The summed E-state index contributed by atoms with van der Waals surface area (Å²) in [5, 5.41) is 1.18. The molecule has 1 fully saturated rings. The Morgan fingerprint density at radius 3 is 2.93 bits per heavy atom. The molecule has 0 saturated carbocycles. The molecule has 1 aliphatic rings. The smallest absolute Gasteiger partial charge is 0.00344 e. The first-order chi connectivity index (χ1) is 6.76. The zero-order valence-electron chi connectivity index (χ0n) is 9.64. The predicted octanol–water partition coefficient (Wildman–Crippen LogP) is 3.53. The van der Waals surface area contributed by atoms with E-state index in [4.69, 9.17) is 0 Å². The van der Waals surface area contributed by atoms with Gasteiger partial charge in [-0.2, -0.15) is 0 Å². The Morgan fingerprint density at radius 1 is 1.50 bits per heavy atom. The van der Waals surface area contributed by atoms with Crippen LogP contribution >= 0.6 is 15.9 Å². The molecule has 2 heteroatoms. The van der Waals surface area contributed by atoms with Crippen LogP contribution in [0.5, 0.6) is 0 Å². The van der Waals surface area contributed by atoms with Crippen LogP contribution in [-0.2, 0) is 0 Å². The number of rotatable bonds is 6. The zero-order chi connectivity index (χ0) is 10.4. The van der Waals surface area contributed by atoms with E-state index in [1.807, 2.05) is 0 Å². The van der Waals surface area contributed by atoms with Gasteiger partial charge in [-0.1, -0.05) is 36.2 Å². The van der Waals surface area contributed by atoms with Crippen LogP contribution in [0.15, 0.2) is 0 Å². The molecule has 0 spiro atoms. The highest BCUT2D eigenvalue weighted by Gasteiger charge is 2.22. The maximum absolute atomic E-state index is 3.54. The molecule has 0 aromatic heterocycles. The van der Waals surface area contributed by atoms with Gasteiger partial charge in [-0.25, -0.2) is 0 Å². The molecule has 0 amide bonds. The molecule has 0 bridgehead atoms. The summed E-state index contributed by atoms with van der Waals surface area (Å²) in [6.45, 7) is 8.69.